The van der Waals surface area contributed by atoms with E-state index in [0.717, 1.165) is 31.9 Å². The Morgan fingerprint density at radius 3 is 2.76 bits per heavy atom. The van der Waals surface area contributed by atoms with Crippen LogP contribution in [0.2, 0.25) is 0 Å². The molecular weight excluding hydrogens is 393 g/mol. The number of halogens is 1. The molecule has 1 heterocycles. The molecule has 0 saturated heterocycles. The van der Waals surface area contributed by atoms with Gasteiger partial charge in [0.2, 0.25) is 0 Å². The summed E-state index contributed by atoms with van der Waals surface area (Å²) in [7, 11) is 0. The Hall–Kier alpha value is -0.560. The topological polar surface area (TPSA) is 36.4 Å². The molecule has 0 radical (unpaired) electrons. The minimum absolute atomic E-state index is 0. The molecule has 5 heteroatoms. The van der Waals surface area contributed by atoms with Gasteiger partial charge < -0.3 is 10.6 Å². The quantitative estimate of drug-likeness (QED) is 0.228. The maximum atomic E-state index is 4.58. The van der Waals surface area contributed by atoms with Crippen LogP contribution < -0.4 is 10.6 Å². The lowest BCUT2D eigenvalue weighted by molar-refractivity contribution is 0.645. The minimum Gasteiger partial charge on any atom is -0.357 e. The van der Waals surface area contributed by atoms with E-state index in [4.69, 9.17) is 0 Å². The van der Waals surface area contributed by atoms with Crippen molar-refractivity contribution in [2.75, 3.05) is 13.1 Å². The number of nitrogens with one attached hydrogen (secondary N) is 2. The van der Waals surface area contributed by atoms with E-state index >= 15 is 0 Å². The van der Waals surface area contributed by atoms with E-state index < -0.39 is 0 Å². The first kappa shape index (κ1) is 20.4. The fourth-order valence-electron chi connectivity index (χ4n) is 1.92. The first-order chi connectivity index (χ1) is 9.65. The molecule has 1 aromatic heterocycles. The molecule has 120 valence electrons. The minimum atomic E-state index is 0. The summed E-state index contributed by atoms with van der Waals surface area (Å²) in [5.41, 5.74) is 0. The number of nitrogens with zero attached hydrogens (tertiary/aromatic N) is 1. The average Bonchev–Trinajstić information content (AvgIpc) is 2.80. The van der Waals surface area contributed by atoms with Crippen LogP contribution in [0.3, 0.4) is 0 Å². The number of rotatable bonds is 7. The molecule has 1 unspecified atom stereocenters. The lowest BCUT2D eigenvalue weighted by Gasteiger charge is -2.17. The van der Waals surface area contributed by atoms with Gasteiger partial charge in [0.25, 0.3) is 0 Å². The monoisotopic (exact) mass is 421 g/mol. The normalized spacial score (nSPS) is 13.0. The van der Waals surface area contributed by atoms with Crippen molar-refractivity contribution in [3.05, 3.63) is 34.0 Å². The summed E-state index contributed by atoms with van der Waals surface area (Å²) < 4.78 is 0. The summed E-state index contributed by atoms with van der Waals surface area (Å²) in [4.78, 5) is 7.38. The van der Waals surface area contributed by atoms with Gasteiger partial charge in [0.15, 0.2) is 5.96 Å². The molecule has 0 amide bonds. The fourth-order valence-corrected chi connectivity index (χ4v) is 2.94. The third kappa shape index (κ3) is 9.14. The van der Waals surface area contributed by atoms with Crippen LogP contribution in [0, 0.1) is 6.92 Å². The van der Waals surface area contributed by atoms with Gasteiger partial charge in [-0.3, -0.25) is 4.99 Å². The highest BCUT2D eigenvalue weighted by atomic mass is 127. The highest BCUT2D eigenvalue weighted by molar-refractivity contribution is 14.0. The number of aliphatic imine (C=N–C) groups is 1. The fraction of sp³-hybridized carbons (Fsp3) is 0.562. The summed E-state index contributed by atoms with van der Waals surface area (Å²) in [6.07, 6.45) is 6.24. The Bertz CT molecular complexity index is 440. The molecule has 0 aliphatic rings. The molecule has 1 rings (SSSR count). The van der Waals surface area contributed by atoms with Crippen LogP contribution in [0.15, 0.2) is 29.3 Å². The molecule has 21 heavy (non-hydrogen) atoms. The van der Waals surface area contributed by atoms with Crippen molar-refractivity contribution in [2.24, 2.45) is 4.99 Å². The summed E-state index contributed by atoms with van der Waals surface area (Å²) in [6.45, 7) is 10.2. The smallest absolute Gasteiger partial charge is 0.191 e. The third-order valence-electron chi connectivity index (χ3n) is 2.83. The molecule has 0 fully saturated rings. The van der Waals surface area contributed by atoms with Crippen LogP contribution in [0.1, 0.15) is 36.9 Å². The number of thiophene rings is 1. The number of guanidine groups is 1. The molecule has 0 bridgehead atoms. The van der Waals surface area contributed by atoms with E-state index in [1.54, 1.807) is 0 Å². The standard InChI is InChI=1S/C16H27N3S.HI/c1-5-7-8-11-18-16(17-6-2)19-13(3)12-15-10-9-14(4)20-15;/h5,7,9-10,13H,6,8,11-12H2,1-4H3,(H2,17,18,19);1H/b7-5+;. The SMILES string of the molecule is C/C=C/CCN=C(NCC)NC(C)Cc1ccc(C)s1.I. The maximum Gasteiger partial charge on any atom is 0.191 e. The summed E-state index contributed by atoms with van der Waals surface area (Å²) in [6, 6.07) is 4.78. The molecule has 3 nitrogen and oxygen atoms in total. The van der Waals surface area contributed by atoms with Crippen molar-refractivity contribution in [1.82, 2.24) is 10.6 Å². The van der Waals surface area contributed by atoms with E-state index in [1.807, 2.05) is 18.3 Å². The maximum absolute atomic E-state index is 4.58. The van der Waals surface area contributed by atoms with Crippen molar-refractivity contribution in [1.29, 1.82) is 0 Å². The first-order valence-corrected chi connectivity index (χ1v) is 8.18. The zero-order chi connectivity index (χ0) is 14.8. The Kier molecular flexibility index (Phi) is 11.7. The van der Waals surface area contributed by atoms with Crippen LogP contribution in [-0.4, -0.2) is 25.1 Å². The molecule has 1 aromatic rings. The Labute approximate surface area is 150 Å². The van der Waals surface area contributed by atoms with Crippen molar-refractivity contribution in [3.63, 3.8) is 0 Å². The van der Waals surface area contributed by atoms with E-state index in [9.17, 15) is 0 Å². The second-order valence-corrected chi connectivity index (χ2v) is 6.25. The summed E-state index contributed by atoms with van der Waals surface area (Å²) in [5, 5.41) is 6.77. The molecule has 0 aromatic carbocycles. The zero-order valence-corrected chi connectivity index (χ0v) is 16.6. The molecular formula is C16H28IN3S. The molecule has 0 saturated carbocycles. The van der Waals surface area contributed by atoms with Crippen LogP contribution in [0.4, 0.5) is 0 Å². The van der Waals surface area contributed by atoms with E-state index in [0.29, 0.717) is 6.04 Å². The van der Waals surface area contributed by atoms with Crippen LogP contribution in [0.5, 0.6) is 0 Å². The van der Waals surface area contributed by atoms with E-state index in [-0.39, 0.29) is 24.0 Å². The summed E-state index contributed by atoms with van der Waals surface area (Å²) in [5.74, 6) is 0.915. The Morgan fingerprint density at radius 2 is 2.19 bits per heavy atom. The Morgan fingerprint density at radius 1 is 1.43 bits per heavy atom. The van der Waals surface area contributed by atoms with Gasteiger partial charge in [-0.1, -0.05) is 12.2 Å². The zero-order valence-electron chi connectivity index (χ0n) is 13.5. The van der Waals surface area contributed by atoms with Crippen molar-refractivity contribution in [3.8, 4) is 0 Å². The number of hydrogen-bond donors (Lipinski definition) is 2. The van der Waals surface area contributed by atoms with Crippen LogP contribution in [0.25, 0.3) is 0 Å². The van der Waals surface area contributed by atoms with Gasteiger partial charge in [-0.2, -0.15) is 0 Å². The predicted molar refractivity (Wildman–Crippen MR) is 106 cm³/mol. The van der Waals surface area contributed by atoms with Gasteiger partial charge in [0, 0.05) is 35.3 Å². The second-order valence-electron chi connectivity index (χ2n) is 4.88. The second kappa shape index (κ2) is 12.0. The van der Waals surface area contributed by atoms with E-state index in [2.05, 4.69) is 60.7 Å². The summed E-state index contributed by atoms with van der Waals surface area (Å²) >= 11 is 1.87. The van der Waals surface area contributed by atoms with Crippen LogP contribution in [-0.2, 0) is 6.42 Å². The van der Waals surface area contributed by atoms with Crippen molar-refractivity contribution in [2.45, 2.75) is 46.6 Å². The van der Waals surface area contributed by atoms with Gasteiger partial charge in [0.1, 0.15) is 0 Å². The molecule has 0 aliphatic carbocycles. The molecule has 1 atom stereocenters. The van der Waals surface area contributed by atoms with Gasteiger partial charge in [0.05, 0.1) is 0 Å². The molecule has 0 spiro atoms. The van der Waals surface area contributed by atoms with Gasteiger partial charge in [-0.25, -0.2) is 0 Å². The largest absolute Gasteiger partial charge is 0.357 e. The van der Waals surface area contributed by atoms with Gasteiger partial charge >= 0.3 is 0 Å². The molecule has 0 aliphatic heterocycles. The third-order valence-corrected chi connectivity index (χ3v) is 3.86. The lowest BCUT2D eigenvalue weighted by atomic mass is 10.2. The number of allylic oxidation sites excluding steroid dienone is 1. The Balaban J connectivity index is 0.00000400. The first-order valence-electron chi connectivity index (χ1n) is 7.37. The predicted octanol–water partition coefficient (Wildman–Crippen LogP) is 4.13. The van der Waals surface area contributed by atoms with Crippen LogP contribution >= 0.6 is 35.3 Å². The van der Waals surface area contributed by atoms with Gasteiger partial charge in [-0.15, -0.1) is 35.3 Å². The van der Waals surface area contributed by atoms with Crippen molar-refractivity contribution < 1.29 is 0 Å². The van der Waals surface area contributed by atoms with E-state index in [1.165, 1.54) is 9.75 Å². The number of aryl methyl sites for hydroxylation is 1. The highest BCUT2D eigenvalue weighted by Gasteiger charge is 2.07. The average molecular weight is 421 g/mol. The highest BCUT2D eigenvalue weighted by Crippen LogP contribution is 2.16. The van der Waals surface area contributed by atoms with Crippen molar-refractivity contribution >= 4 is 41.3 Å². The molecule has 2 N–H and O–H groups in total. The number of hydrogen-bond acceptors (Lipinski definition) is 2. The lowest BCUT2D eigenvalue weighted by Crippen LogP contribution is -2.43. The van der Waals surface area contributed by atoms with Gasteiger partial charge in [-0.05, 0) is 46.2 Å².